The summed E-state index contributed by atoms with van der Waals surface area (Å²) in [6.07, 6.45) is 1.21. The van der Waals surface area contributed by atoms with Crippen molar-refractivity contribution in [1.29, 1.82) is 0 Å². The van der Waals surface area contributed by atoms with E-state index in [0.717, 1.165) is 50.0 Å². The molecule has 2 unspecified atom stereocenters. The predicted molar refractivity (Wildman–Crippen MR) is 121 cm³/mol. The molecule has 150 valence electrons. The third kappa shape index (κ3) is 2.89. The molecule has 2 fully saturated rings. The van der Waals surface area contributed by atoms with E-state index in [-0.39, 0.29) is 0 Å². The minimum absolute atomic E-state index is 0.558. The lowest BCUT2D eigenvalue weighted by atomic mass is 9.88. The lowest BCUT2D eigenvalue weighted by Crippen LogP contribution is -2.47. The molecule has 0 radical (unpaired) electrons. The van der Waals surface area contributed by atoms with Crippen LogP contribution in [0.15, 0.2) is 42.5 Å². The fraction of sp³-hybridized carbons (Fsp3) is 0.435. The van der Waals surface area contributed by atoms with Crippen molar-refractivity contribution in [3.8, 4) is 0 Å². The van der Waals surface area contributed by atoms with Crippen LogP contribution in [-0.4, -0.2) is 57.5 Å². The molecule has 3 aromatic rings. The number of piperidine rings is 1. The van der Waals surface area contributed by atoms with Crippen molar-refractivity contribution in [2.45, 2.75) is 18.4 Å². The topological polar surface area (TPSA) is 31.8 Å². The first-order valence-corrected chi connectivity index (χ1v) is 11.4. The van der Waals surface area contributed by atoms with E-state index < -0.39 is 0 Å². The molecule has 2 aromatic carbocycles. The van der Waals surface area contributed by atoms with Crippen LogP contribution >= 0.6 is 11.3 Å². The van der Waals surface area contributed by atoms with E-state index in [1.54, 1.807) is 0 Å². The summed E-state index contributed by atoms with van der Waals surface area (Å²) in [6, 6.07) is 16.3. The van der Waals surface area contributed by atoms with Crippen LogP contribution in [0.1, 0.15) is 17.9 Å². The molecule has 4 heterocycles. The molecule has 0 saturated carbocycles. The Balaban J connectivity index is 1.26. The number of morpholine rings is 1. The van der Waals surface area contributed by atoms with Crippen LogP contribution in [0.4, 0.5) is 16.5 Å². The molecule has 0 bridgehead atoms. The standard InChI is InChI=1S/C23H26N4OS/c1-25-20-5-3-2-4-17(20)18-8-9-27(15-21(18)25)16-6-7-19-22(14-16)29-23(24-19)26-10-12-28-13-11-26/h2-7,14,18,21H,8-13,15H2,1H3. The SMILES string of the molecule is CN1c2ccccc2C2CCN(c3ccc4nc(N5CCOCC5)sc4c3)CC21. The number of nitrogens with zero attached hydrogens (tertiary/aromatic N) is 4. The van der Waals surface area contributed by atoms with Crippen molar-refractivity contribution < 1.29 is 4.74 Å². The zero-order chi connectivity index (χ0) is 19.4. The van der Waals surface area contributed by atoms with Gasteiger partial charge in [-0.3, -0.25) is 0 Å². The first-order valence-electron chi connectivity index (χ1n) is 10.6. The Kier molecular flexibility index (Phi) is 4.16. The molecule has 2 saturated heterocycles. The summed E-state index contributed by atoms with van der Waals surface area (Å²) in [6.45, 7) is 5.67. The number of fused-ring (bicyclic) bond motifs is 4. The van der Waals surface area contributed by atoms with Gasteiger partial charge in [-0.25, -0.2) is 4.98 Å². The molecular weight excluding hydrogens is 380 g/mol. The molecule has 0 aliphatic carbocycles. The second-order valence-electron chi connectivity index (χ2n) is 8.33. The van der Waals surface area contributed by atoms with Crippen molar-refractivity contribution in [3.05, 3.63) is 48.0 Å². The fourth-order valence-corrected chi connectivity index (χ4v) is 6.26. The number of para-hydroxylation sites is 1. The Morgan fingerprint density at radius 1 is 1.03 bits per heavy atom. The van der Waals surface area contributed by atoms with Crippen molar-refractivity contribution in [2.75, 3.05) is 61.1 Å². The van der Waals surface area contributed by atoms with Gasteiger partial charge in [0, 0.05) is 50.5 Å². The Morgan fingerprint density at radius 2 is 1.90 bits per heavy atom. The van der Waals surface area contributed by atoms with E-state index in [1.165, 1.54) is 28.1 Å². The summed E-state index contributed by atoms with van der Waals surface area (Å²) in [4.78, 5) is 12.3. The summed E-state index contributed by atoms with van der Waals surface area (Å²) in [5.74, 6) is 0.660. The minimum atomic E-state index is 0.558. The summed E-state index contributed by atoms with van der Waals surface area (Å²) >= 11 is 1.81. The Labute approximate surface area is 175 Å². The lowest BCUT2D eigenvalue weighted by Gasteiger charge is -2.39. The van der Waals surface area contributed by atoms with E-state index >= 15 is 0 Å². The summed E-state index contributed by atoms with van der Waals surface area (Å²) in [5.41, 5.74) is 5.39. The molecule has 0 spiro atoms. The van der Waals surface area contributed by atoms with Gasteiger partial charge < -0.3 is 19.4 Å². The van der Waals surface area contributed by atoms with Gasteiger partial charge in [0.25, 0.3) is 0 Å². The highest BCUT2D eigenvalue weighted by molar-refractivity contribution is 7.22. The molecule has 2 atom stereocenters. The minimum Gasteiger partial charge on any atom is -0.378 e. The van der Waals surface area contributed by atoms with Gasteiger partial charge in [-0.05, 0) is 36.2 Å². The van der Waals surface area contributed by atoms with Crippen molar-refractivity contribution in [1.82, 2.24) is 4.98 Å². The maximum Gasteiger partial charge on any atom is 0.186 e. The molecule has 1 aromatic heterocycles. The van der Waals surface area contributed by atoms with Gasteiger partial charge in [0.1, 0.15) is 0 Å². The Hall–Kier alpha value is -2.31. The van der Waals surface area contributed by atoms with Crippen LogP contribution < -0.4 is 14.7 Å². The van der Waals surface area contributed by atoms with E-state index in [1.807, 2.05) is 11.3 Å². The number of aromatic nitrogens is 1. The highest BCUT2D eigenvalue weighted by atomic mass is 32.1. The van der Waals surface area contributed by atoms with Gasteiger partial charge >= 0.3 is 0 Å². The smallest absolute Gasteiger partial charge is 0.186 e. The quantitative estimate of drug-likeness (QED) is 0.643. The van der Waals surface area contributed by atoms with E-state index in [9.17, 15) is 0 Å². The first kappa shape index (κ1) is 17.5. The maximum atomic E-state index is 5.48. The number of benzene rings is 2. The second kappa shape index (κ2) is 6.89. The second-order valence-corrected chi connectivity index (χ2v) is 9.34. The summed E-state index contributed by atoms with van der Waals surface area (Å²) < 4.78 is 6.77. The number of rotatable bonds is 2. The molecule has 6 rings (SSSR count). The molecule has 5 nitrogen and oxygen atoms in total. The zero-order valence-corrected chi connectivity index (χ0v) is 17.6. The van der Waals surface area contributed by atoms with Crippen molar-refractivity contribution in [3.63, 3.8) is 0 Å². The van der Waals surface area contributed by atoms with Gasteiger partial charge in [-0.15, -0.1) is 0 Å². The number of thiazole rings is 1. The molecular formula is C23H26N4OS. The van der Waals surface area contributed by atoms with Crippen molar-refractivity contribution >= 4 is 38.1 Å². The van der Waals surface area contributed by atoms with Crippen LogP contribution in [0.25, 0.3) is 10.2 Å². The third-order valence-corrected chi connectivity index (χ3v) is 7.88. The van der Waals surface area contributed by atoms with E-state index in [0.29, 0.717) is 12.0 Å². The van der Waals surface area contributed by atoms with Crippen molar-refractivity contribution in [2.24, 2.45) is 0 Å². The number of ether oxygens (including phenoxy) is 1. The van der Waals surface area contributed by atoms with Crippen LogP contribution in [0, 0.1) is 0 Å². The number of hydrogen-bond donors (Lipinski definition) is 0. The number of likely N-dealkylation sites (N-methyl/N-ethyl adjacent to an activating group) is 1. The highest BCUT2D eigenvalue weighted by Gasteiger charge is 2.40. The fourth-order valence-electron chi connectivity index (χ4n) is 5.21. The zero-order valence-electron chi connectivity index (χ0n) is 16.8. The molecule has 29 heavy (non-hydrogen) atoms. The van der Waals surface area contributed by atoms with Gasteiger partial charge in [-0.2, -0.15) is 0 Å². The average Bonchev–Trinajstić information content (AvgIpc) is 3.33. The maximum absolute atomic E-state index is 5.48. The highest BCUT2D eigenvalue weighted by Crippen LogP contribution is 2.45. The first-order chi connectivity index (χ1) is 14.3. The molecule has 6 heteroatoms. The van der Waals surface area contributed by atoms with E-state index in [2.05, 4.69) is 64.2 Å². The normalized spacial score (nSPS) is 24.1. The van der Waals surface area contributed by atoms with Crippen LogP contribution in [-0.2, 0) is 4.74 Å². The van der Waals surface area contributed by atoms with Crippen LogP contribution in [0.5, 0.6) is 0 Å². The number of anilines is 3. The summed E-state index contributed by atoms with van der Waals surface area (Å²) in [7, 11) is 2.26. The van der Waals surface area contributed by atoms with Gasteiger partial charge in [0.15, 0.2) is 5.13 Å². The van der Waals surface area contributed by atoms with Gasteiger partial charge in [0.2, 0.25) is 0 Å². The summed E-state index contributed by atoms with van der Waals surface area (Å²) in [5, 5.41) is 1.13. The van der Waals surface area contributed by atoms with Gasteiger partial charge in [0.05, 0.1) is 29.5 Å². The monoisotopic (exact) mass is 406 g/mol. The molecule has 3 aliphatic heterocycles. The van der Waals surface area contributed by atoms with Gasteiger partial charge in [-0.1, -0.05) is 29.5 Å². The van der Waals surface area contributed by atoms with Crippen LogP contribution in [0.3, 0.4) is 0 Å². The number of hydrogen-bond acceptors (Lipinski definition) is 6. The predicted octanol–water partition coefficient (Wildman–Crippen LogP) is 3.95. The Morgan fingerprint density at radius 3 is 2.79 bits per heavy atom. The molecule has 3 aliphatic rings. The Bertz CT molecular complexity index is 1040. The third-order valence-electron chi connectivity index (χ3n) is 6.80. The lowest BCUT2D eigenvalue weighted by molar-refractivity contribution is 0.122. The van der Waals surface area contributed by atoms with Crippen LogP contribution in [0.2, 0.25) is 0 Å². The molecule has 0 amide bonds. The molecule has 0 N–H and O–H groups in total. The largest absolute Gasteiger partial charge is 0.378 e. The average molecular weight is 407 g/mol. The van der Waals surface area contributed by atoms with E-state index in [4.69, 9.17) is 9.72 Å².